The molecule has 0 aliphatic heterocycles. The number of benzene rings is 1. The van der Waals surface area contributed by atoms with Gasteiger partial charge in [-0.15, -0.1) is 0 Å². The molecule has 1 unspecified atom stereocenters. The first kappa shape index (κ1) is 15.2. The lowest BCUT2D eigenvalue weighted by Gasteiger charge is -2.32. The van der Waals surface area contributed by atoms with E-state index in [0.29, 0.717) is 6.54 Å². The number of quaternary nitrogens is 1. The van der Waals surface area contributed by atoms with E-state index < -0.39 is 6.09 Å². The summed E-state index contributed by atoms with van der Waals surface area (Å²) < 4.78 is 0.174. The lowest BCUT2D eigenvalue weighted by molar-refractivity contribution is 0.198. The molecule has 1 atom stereocenters. The van der Waals surface area contributed by atoms with Gasteiger partial charge in [0.05, 0.1) is 13.6 Å². The fourth-order valence-electron chi connectivity index (χ4n) is 2.03. The summed E-state index contributed by atoms with van der Waals surface area (Å²) in [5.74, 6) is -0.0187. The molecule has 0 saturated heterocycles. The topological polar surface area (TPSA) is 73.2 Å². The number of para-hydroxylation sites is 1. The van der Waals surface area contributed by atoms with Crippen molar-refractivity contribution < 1.29 is 9.90 Å². The van der Waals surface area contributed by atoms with Crippen LogP contribution in [0.2, 0.25) is 0 Å². The maximum Gasteiger partial charge on any atom is 0.414 e. The van der Waals surface area contributed by atoms with Crippen LogP contribution in [0.15, 0.2) is 30.3 Å². The van der Waals surface area contributed by atoms with Gasteiger partial charge in [-0.3, -0.25) is 0 Å². The van der Waals surface area contributed by atoms with Crippen LogP contribution >= 0.6 is 0 Å². The minimum Gasteiger partial charge on any atom is -0.465 e. The van der Waals surface area contributed by atoms with Gasteiger partial charge in [0.2, 0.25) is 0 Å². The molecule has 1 aromatic rings. The van der Waals surface area contributed by atoms with Crippen LogP contribution in [0.1, 0.15) is 26.2 Å². The molecule has 0 aliphatic rings. The zero-order valence-electron chi connectivity index (χ0n) is 11.5. The van der Waals surface area contributed by atoms with Crippen molar-refractivity contribution >= 4 is 17.7 Å². The number of hydrogen-bond acceptors (Lipinski definition) is 2. The molecule has 104 valence electrons. The highest BCUT2D eigenvalue weighted by Gasteiger charge is 2.32. The van der Waals surface area contributed by atoms with Crippen LogP contribution < -0.4 is 9.80 Å². The van der Waals surface area contributed by atoms with Crippen molar-refractivity contribution in [2.75, 3.05) is 13.6 Å². The second-order valence-electron chi connectivity index (χ2n) is 4.74. The van der Waals surface area contributed by atoms with Crippen molar-refractivity contribution in [1.82, 2.24) is 9.80 Å². The number of hydrogen-bond donors (Lipinski definition) is 3. The van der Waals surface area contributed by atoms with Gasteiger partial charge >= 0.3 is 12.1 Å². The minimum atomic E-state index is -1.19. The molecule has 0 aliphatic carbocycles. The third-order valence-electron chi connectivity index (χ3n) is 3.25. The molecule has 19 heavy (non-hydrogen) atoms. The molecule has 5 nitrogen and oxygen atoms in total. The normalized spacial score (nSPS) is 13.6. The number of carboxylic acid groups (broad SMARTS) is 1. The van der Waals surface area contributed by atoms with Gasteiger partial charge in [-0.1, -0.05) is 31.5 Å². The summed E-state index contributed by atoms with van der Waals surface area (Å²) >= 11 is 0. The third-order valence-corrected chi connectivity index (χ3v) is 3.25. The first-order chi connectivity index (χ1) is 9.00. The molecule has 0 fully saturated rings. The Kier molecular flexibility index (Phi) is 5.51. The number of carbonyl (C=O) groups is 1. The van der Waals surface area contributed by atoms with Gasteiger partial charge in [-0.2, -0.15) is 0 Å². The van der Waals surface area contributed by atoms with Crippen LogP contribution in [0.5, 0.6) is 0 Å². The van der Waals surface area contributed by atoms with Crippen LogP contribution in [0.25, 0.3) is 0 Å². The third kappa shape index (κ3) is 4.06. The number of amides is 1. The molecule has 5 heteroatoms. The molecule has 1 aromatic carbocycles. The van der Waals surface area contributed by atoms with Gasteiger partial charge in [0.25, 0.3) is 0 Å². The van der Waals surface area contributed by atoms with Crippen molar-refractivity contribution in [2.45, 2.75) is 26.2 Å². The van der Waals surface area contributed by atoms with Gasteiger partial charge in [0.15, 0.2) is 0 Å². The van der Waals surface area contributed by atoms with Crippen molar-refractivity contribution in [3.05, 3.63) is 30.3 Å². The van der Waals surface area contributed by atoms with Gasteiger partial charge < -0.3 is 5.11 Å². The Morgan fingerprint density at radius 3 is 2.47 bits per heavy atom. The van der Waals surface area contributed by atoms with E-state index in [1.807, 2.05) is 37.4 Å². The highest BCUT2D eigenvalue weighted by atomic mass is 16.4. The van der Waals surface area contributed by atoms with E-state index in [-0.39, 0.29) is 10.4 Å². The van der Waals surface area contributed by atoms with E-state index >= 15 is 0 Å². The quantitative estimate of drug-likeness (QED) is 0.331. The molecule has 0 saturated carbocycles. The number of guanidine groups is 1. The molecule has 1 rings (SSSR count). The molecule has 0 radical (unpaired) electrons. The Hall–Kier alpha value is -1.88. The van der Waals surface area contributed by atoms with E-state index in [9.17, 15) is 4.79 Å². The minimum absolute atomic E-state index is 0.0187. The lowest BCUT2D eigenvalue weighted by atomic mass is 10.2. The molecule has 0 bridgehead atoms. The lowest BCUT2D eigenvalue weighted by Crippen LogP contribution is -2.57. The molecule has 0 heterocycles. The highest BCUT2D eigenvalue weighted by Crippen LogP contribution is 2.21. The van der Waals surface area contributed by atoms with E-state index in [1.165, 1.54) is 0 Å². The summed E-state index contributed by atoms with van der Waals surface area (Å²) in [5.41, 5.74) is 0.914. The maximum atomic E-state index is 10.8. The highest BCUT2D eigenvalue weighted by molar-refractivity contribution is 5.97. The Morgan fingerprint density at radius 1 is 1.32 bits per heavy atom. The average molecular weight is 264 g/mol. The molecular weight excluding hydrogens is 242 g/mol. The number of unbranched alkanes of at least 4 members (excludes halogenated alkanes) is 2. The van der Waals surface area contributed by atoms with E-state index in [0.717, 1.165) is 24.9 Å². The zero-order chi connectivity index (χ0) is 14.3. The van der Waals surface area contributed by atoms with Crippen molar-refractivity contribution in [2.24, 2.45) is 0 Å². The number of rotatable bonds is 5. The summed E-state index contributed by atoms with van der Waals surface area (Å²) in [7, 11) is 1.86. The fourth-order valence-corrected chi connectivity index (χ4v) is 2.03. The summed E-state index contributed by atoms with van der Waals surface area (Å²) in [6.45, 7) is 2.82. The molecule has 0 aromatic heterocycles. The van der Waals surface area contributed by atoms with Crippen LogP contribution in [0.3, 0.4) is 0 Å². The fraction of sp³-hybridized carbons (Fsp3) is 0.429. The predicted octanol–water partition coefficient (Wildman–Crippen LogP) is 3.02. The first-order valence-corrected chi connectivity index (χ1v) is 6.51. The Morgan fingerprint density at radius 2 is 1.95 bits per heavy atom. The monoisotopic (exact) mass is 264 g/mol. The molecule has 1 amide bonds. The smallest absolute Gasteiger partial charge is 0.414 e. The van der Waals surface area contributed by atoms with Gasteiger partial charge in [-0.25, -0.2) is 20.0 Å². The second-order valence-corrected chi connectivity index (χ2v) is 4.74. The van der Waals surface area contributed by atoms with Crippen molar-refractivity contribution in [3.63, 3.8) is 0 Å². The van der Waals surface area contributed by atoms with E-state index in [2.05, 4.69) is 12.2 Å². The van der Waals surface area contributed by atoms with Gasteiger partial charge in [0.1, 0.15) is 5.69 Å². The van der Waals surface area contributed by atoms with Crippen LogP contribution in [-0.4, -0.2) is 30.8 Å². The van der Waals surface area contributed by atoms with E-state index in [4.69, 9.17) is 10.5 Å². The Labute approximate surface area is 114 Å². The first-order valence-electron chi connectivity index (χ1n) is 6.51. The summed E-state index contributed by atoms with van der Waals surface area (Å²) in [6.07, 6.45) is 1.92. The van der Waals surface area contributed by atoms with Crippen molar-refractivity contribution in [1.29, 1.82) is 5.41 Å². The SMILES string of the molecule is CCCCC[N+](C)(C(=N)NC(=O)O)c1ccccc1. The molecule has 0 spiro atoms. The van der Waals surface area contributed by atoms with Crippen LogP contribution in [0, 0.1) is 5.41 Å². The second kappa shape index (κ2) is 6.89. The van der Waals surface area contributed by atoms with Gasteiger partial charge in [0, 0.05) is 0 Å². The zero-order valence-corrected chi connectivity index (χ0v) is 11.5. The van der Waals surface area contributed by atoms with Crippen LogP contribution in [0.4, 0.5) is 10.5 Å². The Bertz CT molecular complexity index is 434. The maximum absolute atomic E-state index is 10.8. The Balaban J connectivity index is 2.96. The number of nitrogens with zero attached hydrogens (tertiary/aromatic N) is 1. The summed E-state index contributed by atoms with van der Waals surface area (Å²) in [5, 5.41) is 19.0. The summed E-state index contributed by atoms with van der Waals surface area (Å²) in [4.78, 5) is 10.8. The summed E-state index contributed by atoms with van der Waals surface area (Å²) in [6, 6.07) is 9.56. The van der Waals surface area contributed by atoms with Gasteiger partial charge in [-0.05, 0) is 25.0 Å². The number of nitrogens with one attached hydrogen (secondary N) is 2. The van der Waals surface area contributed by atoms with Crippen LogP contribution in [-0.2, 0) is 0 Å². The largest absolute Gasteiger partial charge is 0.465 e. The van der Waals surface area contributed by atoms with Crippen molar-refractivity contribution in [3.8, 4) is 0 Å². The molecule has 3 N–H and O–H groups in total. The van der Waals surface area contributed by atoms with E-state index in [1.54, 1.807) is 0 Å². The standard InChI is InChI=1S/C14H21N3O2/c1-3-4-8-11-17(2,13(15)16-14(18)19)12-9-6-5-7-10-12/h5-7,9-10H,3-4,8,11H2,1-2H3,(H2-,15,16,18,19)/p+1. The average Bonchev–Trinajstić information content (AvgIpc) is 2.39. The predicted molar refractivity (Wildman–Crippen MR) is 77.4 cm³/mol. The molecular formula is C14H22N3O2+.